The molecule has 0 bridgehead atoms. The minimum atomic E-state index is -0.605. The van der Waals surface area contributed by atoms with E-state index in [0.717, 1.165) is 6.42 Å². The molecule has 1 N–H and O–H groups in total. The molecule has 0 spiro atoms. The maximum atomic E-state index is 12.3. The lowest BCUT2D eigenvalue weighted by Crippen LogP contribution is -2.39. The van der Waals surface area contributed by atoms with Crippen LogP contribution in [-0.2, 0) is 4.79 Å². The van der Waals surface area contributed by atoms with Crippen LogP contribution in [0.25, 0.3) is 0 Å². The van der Waals surface area contributed by atoms with Gasteiger partial charge in [0.1, 0.15) is 5.75 Å². The predicted molar refractivity (Wildman–Crippen MR) is 77.6 cm³/mol. The second-order valence-electron chi connectivity index (χ2n) is 5.47. The summed E-state index contributed by atoms with van der Waals surface area (Å²) in [6, 6.07) is 8.80. The first-order chi connectivity index (χ1) is 10.0. The van der Waals surface area contributed by atoms with Crippen LogP contribution in [0, 0.1) is 17.2 Å². The smallest absolute Gasteiger partial charge is 0.263 e. The third-order valence-electron chi connectivity index (χ3n) is 3.84. The minimum Gasteiger partial charge on any atom is -0.481 e. The van der Waals surface area contributed by atoms with E-state index in [9.17, 15) is 9.90 Å². The van der Waals surface area contributed by atoms with Crippen LogP contribution >= 0.6 is 0 Å². The quantitative estimate of drug-likeness (QED) is 0.912. The molecule has 3 atom stereocenters. The van der Waals surface area contributed by atoms with E-state index >= 15 is 0 Å². The number of nitriles is 1. The molecule has 0 radical (unpaired) electrons. The molecule has 1 saturated heterocycles. The molecule has 21 heavy (non-hydrogen) atoms. The Kier molecular flexibility index (Phi) is 4.81. The van der Waals surface area contributed by atoms with E-state index in [1.54, 1.807) is 43.0 Å². The summed E-state index contributed by atoms with van der Waals surface area (Å²) in [5.74, 6) is 0.574. The molecule has 112 valence electrons. The minimum absolute atomic E-state index is 0.0829. The lowest BCUT2D eigenvalue weighted by Gasteiger charge is -2.22. The van der Waals surface area contributed by atoms with Gasteiger partial charge in [-0.15, -0.1) is 0 Å². The number of hydrogen-bond acceptors (Lipinski definition) is 4. The van der Waals surface area contributed by atoms with E-state index in [2.05, 4.69) is 0 Å². The van der Waals surface area contributed by atoms with Crippen LogP contribution in [-0.4, -0.2) is 41.2 Å². The van der Waals surface area contributed by atoms with Crippen molar-refractivity contribution in [2.24, 2.45) is 5.92 Å². The summed E-state index contributed by atoms with van der Waals surface area (Å²) in [6.45, 7) is 4.69. The van der Waals surface area contributed by atoms with E-state index in [4.69, 9.17) is 10.00 Å². The largest absolute Gasteiger partial charge is 0.481 e. The van der Waals surface area contributed by atoms with Gasteiger partial charge in [0, 0.05) is 19.0 Å². The van der Waals surface area contributed by atoms with E-state index in [0.29, 0.717) is 24.4 Å². The molecule has 1 aliphatic rings. The second kappa shape index (κ2) is 6.59. The van der Waals surface area contributed by atoms with E-state index < -0.39 is 12.2 Å². The maximum absolute atomic E-state index is 12.3. The van der Waals surface area contributed by atoms with Crippen molar-refractivity contribution in [1.82, 2.24) is 4.90 Å². The Morgan fingerprint density at radius 1 is 1.52 bits per heavy atom. The van der Waals surface area contributed by atoms with E-state index in [1.807, 2.05) is 6.07 Å². The van der Waals surface area contributed by atoms with Crippen molar-refractivity contribution in [3.05, 3.63) is 29.8 Å². The molecule has 1 aliphatic heterocycles. The van der Waals surface area contributed by atoms with Crippen LogP contribution in [0.5, 0.6) is 5.75 Å². The highest BCUT2D eigenvalue weighted by Gasteiger charge is 2.31. The van der Waals surface area contributed by atoms with Gasteiger partial charge in [-0.1, -0.05) is 6.07 Å². The van der Waals surface area contributed by atoms with Crippen LogP contribution in [0.4, 0.5) is 0 Å². The normalized spacial score (nSPS) is 20.7. The summed E-state index contributed by atoms with van der Waals surface area (Å²) < 4.78 is 5.62. The molecular formula is C16H20N2O3. The Morgan fingerprint density at radius 2 is 2.29 bits per heavy atom. The van der Waals surface area contributed by atoms with Crippen molar-refractivity contribution >= 4 is 5.91 Å². The highest BCUT2D eigenvalue weighted by Crippen LogP contribution is 2.21. The van der Waals surface area contributed by atoms with Crippen molar-refractivity contribution in [2.45, 2.75) is 32.5 Å². The van der Waals surface area contributed by atoms with Gasteiger partial charge in [0.15, 0.2) is 6.10 Å². The number of aliphatic hydroxyl groups is 1. The highest BCUT2D eigenvalue weighted by molar-refractivity contribution is 5.81. The molecule has 1 aromatic carbocycles. The monoisotopic (exact) mass is 288 g/mol. The van der Waals surface area contributed by atoms with Crippen molar-refractivity contribution in [3.63, 3.8) is 0 Å². The standard InChI is InChI=1S/C16H20N2O3/c1-11(19)14-6-7-18(10-14)16(20)12(2)21-15-5-3-4-13(8-15)9-17/h3-5,8,11-12,14,19H,6-7,10H2,1-2H3. The third-order valence-corrected chi connectivity index (χ3v) is 3.84. The second-order valence-corrected chi connectivity index (χ2v) is 5.47. The fourth-order valence-corrected chi connectivity index (χ4v) is 2.53. The van der Waals surface area contributed by atoms with Crippen LogP contribution in [0.15, 0.2) is 24.3 Å². The molecule has 3 unspecified atom stereocenters. The SMILES string of the molecule is CC(Oc1cccc(C#N)c1)C(=O)N1CCC(C(C)O)C1. The molecule has 0 aromatic heterocycles. The number of hydrogen-bond donors (Lipinski definition) is 1. The first-order valence-electron chi connectivity index (χ1n) is 7.15. The fraction of sp³-hybridized carbons (Fsp3) is 0.500. The molecule has 5 heteroatoms. The van der Waals surface area contributed by atoms with Gasteiger partial charge >= 0.3 is 0 Å². The molecule has 0 aliphatic carbocycles. The molecule has 1 heterocycles. The Balaban J connectivity index is 1.95. The summed E-state index contributed by atoms with van der Waals surface area (Å²) in [4.78, 5) is 14.1. The summed E-state index contributed by atoms with van der Waals surface area (Å²) in [5.41, 5.74) is 0.502. The van der Waals surface area contributed by atoms with Gasteiger partial charge in [0.2, 0.25) is 0 Å². The first-order valence-corrected chi connectivity index (χ1v) is 7.15. The lowest BCUT2D eigenvalue weighted by molar-refractivity contribution is -0.137. The van der Waals surface area contributed by atoms with E-state index in [-0.39, 0.29) is 11.8 Å². The summed E-state index contributed by atoms with van der Waals surface area (Å²) in [7, 11) is 0. The molecule has 1 aromatic rings. The maximum Gasteiger partial charge on any atom is 0.263 e. The predicted octanol–water partition coefficient (Wildman–Crippen LogP) is 1.55. The Labute approximate surface area is 124 Å². The molecular weight excluding hydrogens is 268 g/mol. The van der Waals surface area contributed by atoms with Crippen LogP contribution in [0.3, 0.4) is 0 Å². The number of carbonyl (C=O) groups is 1. The Morgan fingerprint density at radius 3 is 2.90 bits per heavy atom. The van der Waals surface area contributed by atoms with Crippen molar-refractivity contribution in [3.8, 4) is 11.8 Å². The van der Waals surface area contributed by atoms with Gasteiger partial charge in [-0.25, -0.2) is 0 Å². The number of benzene rings is 1. The van der Waals surface area contributed by atoms with Gasteiger partial charge in [0.05, 0.1) is 17.7 Å². The number of ether oxygens (including phenoxy) is 1. The number of amides is 1. The Hall–Kier alpha value is -2.06. The highest BCUT2D eigenvalue weighted by atomic mass is 16.5. The van der Waals surface area contributed by atoms with Gasteiger partial charge in [-0.3, -0.25) is 4.79 Å². The van der Waals surface area contributed by atoms with Crippen LogP contribution in [0.1, 0.15) is 25.8 Å². The van der Waals surface area contributed by atoms with Crippen LogP contribution in [0.2, 0.25) is 0 Å². The zero-order chi connectivity index (χ0) is 15.4. The Bertz CT molecular complexity index is 551. The van der Waals surface area contributed by atoms with Crippen LogP contribution < -0.4 is 4.74 Å². The number of carbonyl (C=O) groups excluding carboxylic acids is 1. The number of aliphatic hydroxyl groups excluding tert-OH is 1. The van der Waals surface area contributed by atoms with Gasteiger partial charge in [0.25, 0.3) is 5.91 Å². The third kappa shape index (κ3) is 3.73. The average molecular weight is 288 g/mol. The topological polar surface area (TPSA) is 73.6 Å². The number of likely N-dealkylation sites (tertiary alicyclic amines) is 1. The van der Waals surface area contributed by atoms with Gasteiger partial charge < -0.3 is 14.7 Å². The first kappa shape index (κ1) is 15.3. The summed E-state index contributed by atoms with van der Waals surface area (Å²) >= 11 is 0. The summed E-state index contributed by atoms with van der Waals surface area (Å²) in [6.07, 6.45) is -0.182. The summed E-state index contributed by atoms with van der Waals surface area (Å²) in [5, 5.41) is 18.4. The molecule has 2 rings (SSSR count). The zero-order valence-corrected chi connectivity index (χ0v) is 12.3. The lowest BCUT2D eigenvalue weighted by atomic mass is 10.0. The molecule has 5 nitrogen and oxygen atoms in total. The average Bonchev–Trinajstić information content (AvgIpc) is 2.96. The van der Waals surface area contributed by atoms with Gasteiger partial charge in [-0.05, 0) is 38.5 Å². The van der Waals surface area contributed by atoms with Crippen molar-refractivity contribution in [2.75, 3.05) is 13.1 Å². The van der Waals surface area contributed by atoms with E-state index in [1.165, 1.54) is 0 Å². The van der Waals surface area contributed by atoms with Crippen molar-refractivity contribution in [1.29, 1.82) is 5.26 Å². The molecule has 0 saturated carbocycles. The van der Waals surface area contributed by atoms with Crippen molar-refractivity contribution < 1.29 is 14.6 Å². The zero-order valence-electron chi connectivity index (χ0n) is 12.3. The fourth-order valence-electron chi connectivity index (χ4n) is 2.53. The number of nitrogens with zero attached hydrogens (tertiary/aromatic N) is 2. The molecule has 1 fully saturated rings. The molecule has 1 amide bonds. The van der Waals surface area contributed by atoms with Gasteiger partial charge in [-0.2, -0.15) is 5.26 Å². The number of rotatable bonds is 4.